The number of nitrogen functional groups attached to an aromatic ring is 1. The van der Waals surface area contributed by atoms with Gasteiger partial charge in [-0.15, -0.1) is 0 Å². The van der Waals surface area contributed by atoms with E-state index in [1.165, 1.54) is 12.1 Å². The van der Waals surface area contributed by atoms with Crippen LogP contribution in [0.4, 0.5) is 11.4 Å². The van der Waals surface area contributed by atoms with Crippen molar-refractivity contribution in [2.45, 2.75) is 19.8 Å². The third-order valence-corrected chi connectivity index (χ3v) is 2.75. The van der Waals surface area contributed by atoms with Gasteiger partial charge in [0.2, 0.25) is 5.91 Å². The molecule has 1 aromatic carbocycles. The van der Waals surface area contributed by atoms with Crippen LogP contribution in [0, 0.1) is 0 Å². The van der Waals surface area contributed by atoms with Gasteiger partial charge in [-0.05, 0) is 18.6 Å². The minimum atomic E-state index is -0.195. The van der Waals surface area contributed by atoms with Gasteiger partial charge >= 0.3 is 0 Å². The molecule has 18 heavy (non-hydrogen) atoms. The van der Waals surface area contributed by atoms with E-state index in [9.17, 15) is 4.79 Å². The Morgan fingerprint density at radius 3 is 2.50 bits per heavy atom. The summed E-state index contributed by atoms with van der Waals surface area (Å²) in [6, 6.07) is 3.08. The van der Waals surface area contributed by atoms with Gasteiger partial charge in [-0.3, -0.25) is 4.79 Å². The van der Waals surface area contributed by atoms with Gasteiger partial charge in [-0.25, -0.2) is 0 Å². The molecule has 0 unspecified atom stereocenters. The Morgan fingerprint density at radius 2 is 1.94 bits per heavy atom. The van der Waals surface area contributed by atoms with Crippen LogP contribution in [0.5, 0.6) is 0 Å². The molecule has 0 radical (unpaired) electrons. The summed E-state index contributed by atoms with van der Waals surface area (Å²) in [5, 5.41) is 3.29. The van der Waals surface area contributed by atoms with Gasteiger partial charge in [-0.2, -0.15) is 0 Å². The number of nitrogens with two attached hydrogens (primary N) is 1. The van der Waals surface area contributed by atoms with Crippen LogP contribution in [0.3, 0.4) is 0 Å². The van der Waals surface area contributed by atoms with Gasteiger partial charge in [0.25, 0.3) is 0 Å². The average Bonchev–Trinajstić information content (AvgIpc) is 2.29. The highest BCUT2D eigenvalue weighted by Crippen LogP contribution is 2.32. The fourth-order valence-electron chi connectivity index (χ4n) is 1.33. The fourth-order valence-corrected chi connectivity index (χ4v) is 1.92. The highest BCUT2D eigenvalue weighted by molar-refractivity contribution is 6.40. The number of rotatable bonds is 6. The van der Waals surface area contributed by atoms with E-state index in [0.29, 0.717) is 34.6 Å². The quantitative estimate of drug-likeness (QED) is 0.624. The molecular formula is C12H16Cl2N2O2. The number of ether oxygens (including phenoxy) is 1. The molecule has 3 N–H and O–H groups in total. The van der Waals surface area contributed by atoms with Crippen LogP contribution in [0.15, 0.2) is 12.1 Å². The molecule has 1 rings (SSSR count). The van der Waals surface area contributed by atoms with Crippen LogP contribution in [0.25, 0.3) is 0 Å². The van der Waals surface area contributed by atoms with Crippen LogP contribution >= 0.6 is 23.2 Å². The number of benzene rings is 1. The molecule has 0 aromatic heterocycles. The average molecular weight is 291 g/mol. The minimum absolute atomic E-state index is 0.195. The van der Waals surface area contributed by atoms with Crippen molar-refractivity contribution in [3.63, 3.8) is 0 Å². The highest BCUT2D eigenvalue weighted by atomic mass is 35.5. The molecule has 0 fully saturated rings. The summed E-state index contributed by atoms with van der Waals surface area (Å²) in [4.78, 5) is 11.6. The molecule has 0 saturated carbocycles. The number of anilines is 2. The zero-order chi connectivity index (χ0) is 13.5. The Kier molecular flexibility index (Phi) is 6.25. The molecule has 1 aromatic rings. The molecule has 0 heterocycles. The van der Waals surface area contributed by atoms with Gasteiger partial charge in [0.15, 0.2) is 0 Å². The zero-order valence-electron chi connectivity index (χ0n) is 10.1. The zero-order valence-corrected chi connectivity index (χ0v) is 11.6. The SMILES string of the molecule is CCCOCCC(=O)Nc1c(Cl)cc(N)cc1Cl. The van der Waals surface area contributed by atoms with Crippen molar-refractivity contribution in [3.05, 3.63) is 22.2 Å². The second-order valence-corrected chi connectivity index (χ2v) is 4.58. The predicted octanol–water partition coefficient (Wildman–Crippen LogP) is 3.33. The molecule has 1 amide bonds. The smallest absolute Gasteiger partial charge is 0.226 e. The topological polar surface area (TPSA) is 64.3 Å². The monoisotopic (exact) mass is 290 g/mol. The lowest BCUT2D eigenvalue weighted by atomic mass is 10.2. The molecular weight excluding hydrogens is 275 g/mol. The van der Waals surface area contributed by atoms with E-state index in [4.69, 9.17) is 33.7 Å². The highest BCUT2D eigenvalue weighted by Gasteiger charge is 2.10. The summed E-state index contributed by atoms with van der Waals surface area (Å²) in [5.74, 6) is -0.195. The van der Waals surface area contributed by atoms with Crippen molar-refractivity contribution in [2.24, 2.45) is 0 Å². The van der Waals surface area contributed by atoms with Gasteiger partial charge in [-0.1, -0.05) is 30.1 Å². The number of nitrogens with one attached hydrogen (secondary N) is 1. The summed E-state index contributed by atoms with van der Waals surface area (Å²) < 4.78 is 5.22. The molecule has 0 saturated heterocycles. The van der Waals surface area contributed by atoms with E-state index in [2.05, 4.69) is 5.32 Å². The first-order valence-electron chi connectivity index (χ1n) is 5.66. The van der Waals surface area contributed by atoms with Crippen molar-refractivity contribution < 1.29 is 9.53 Å². The molecule has 0 aliphatic rings. The number of amides is 1. The third kappa shape index (κ3) is 4.72. The summed E-state index contributed by atoms with van der Waals surface area (Å²) in [7, 11) is 0. The largest absolute Gasteiger partial charge is 0.399 e. The molecule has 0 bridgehead atoms. The summed E-state index contributed by atoms with van der Waals surface area (Å²) >= 11 is 11.9. The van der Waals surface area contributed by atoms with Crippen LogP contribution in [0.1, 0.15) is 19.8 Å². The molecule has 6 heteroatoms. The third-order valence-electron chi connectivity index (χ3n) is 2.15. The maximum Gasteiger partial charge on any atom is 0.226 e. The van der Waals surface area contributed by atoms with E-state index in [1.807, 2.05) is 6.92 Å². The predicted molar refractivity (Wildman–Crippen MR) is 75.2 cm³/mol. The fraction of sp³-hybridized carbons (Fsp3) is 0.417. The second kappa shape index (κ2) is 7.46. The maximum absolute atomic E-state index is 11.6. The standard InChI is InChI=1S/C12H16Cl2N2O2/c1-2-4-18-5-3-11(17)16-12-9(13)6-8(15)7-10(12)14/h6-7H,2-5,15H2,1H3,(H,16,17). The number of hydrogen-bond acceptors (Lipinski definition) is 3. The number of carbonyl (C=O) groups excluding carboxylic acids is 1. The van der Waals surface area contributed by atoms with E-state index >= 15 is 0 Å². The minimum Gasteiger partial charge on any atom is -0.399 e. The second-order valence-electron chi connectivity index (χ2n) is 3.77. The van der Waals surface area contributed by atoms with Crippen molar-refractivity contribution >= 4 is 40.5 Å². The summed E-state index contributed by atoms with van der Waals surface area (Å²) in [6.07, 6.45) is 1.19. The first-order chi connectivity index (χ1) is 8.54. The van der Waals surface area contributed by atoms with Crippen LogP contribution in [-0.4, -0.2) is 19.1 Å². The lowest BCUT2D eigenvalue weighted by molar-refractivity contribution is -0.117. The molecule has 0 aliphatic heterocycles. The van der Waals surface area contributed by atoms with E-state index in [1.54, 1.807) is 0 Å². The van der Waals surface area contributed by atoms with Crippen molar-refractivity contribution in [1.82, 2.24) is 0 Å². The lowest BCUT2D eigenvalue weighted by Gasteiger charge is -2.10. The van der Waals surface area contributed by atoms with E-state index in [-0.39, 0.29) is 12.3 Å². The summed E-state index contributed by atoms with van der Waals surface area (Å²) in [5.41, 5.74) is 6.41. The van der Waals surface area contributed by atoms with Gasteiger partial charge in [0.1, 0.15) is 0 Å². The molecule has 100 valence electrons. The van der Waals surface area contributed by atoms with Crippen LogP contribution in [-0.2, 0) is 9.53 Å². The first kappa shape index (κ1) is 15.1. The Morgan fingerprint density at radius 1 is 1.33 bits per heavy atom. The van der Waals surface area contributed by atoms with Crippen molar-refractivity contribution in [1.29, 1.82) is 0 Å². The number of halogens is 2. The molecule has 0 spiro atoms. The molecule has 0 atom stereocenters. The van der Waals surface area contributed by atoms with Gasteiger partial charge in [0.05, 0.1) is 28.8 Å². The van der Waals surface area contributed by atoms with Gasteiger partial charge in [0, 0.05) is 12.3 Å². The Balaban J connectivity index is 2.54. The van der Waals surface area contributed by atoms with E-state index in [0.717, 1.165) is 6.42 Å². The summed E-state index contributed by atoms with van der Waals surface area (Å²) in [6.45, 7) is 3.04. The maximum atomic E-state index is 11.6. The van der Waals surface area contributed by atoms with Crippen molar-refractivity contribution in [3.8, 4) is 0 Å². The first-order valence-corrected chi connectivity index (χ1v) is 6.42. The normalized spacial score (nSPS) is 10.4. The Hall–Kier alpha value is -0.970. The Labute approximate surface area is 116 Å². The lowest BCUT2D eigenvalue weighted by Crippen LogP contribution is -2.15. The van der Waals surface area contributed by atoms with E-state index < -0.39 is 0 Å². The number of carbonyl (C=O) groups is 1. The molecule has 4 nitrogen and oxygen atoms in total. The van der Waals surface area contributed by atoms with Crippen molar-refractivity contribution in [2.75, 3.05) is 24.3 Å². The Bertz CT molecular complexity index is 402. The van der Waals surface area contributed by atoms with Crippen LogP contribution in [0.2, 0.25) is 10.0 Å². The van der Waals surface area contributed by atoms with Crippen LogP contribution < -0.4 is 11.1 Å². The van der Waals surface area contributed by atoms with Gasteiger partial charge < -0.3 is 15.8 Å². The number of hydrogen-bond donors (Lipinski definition) is 2. The molecule has 0 aliphatic carbocycles.